The van der Waals surface area contributed by atoms with Gasteiger partial charge in [-0.15, -0.1) is 12.4 Å². The molecule has 28 heavy (non-hydrogen) atoms. The number of amides is 2. The molecule has 2 saturated heterocycles. The fraction of sp³-hybridized carbons (Fsp3) is 0.636. The van der Waals surface area contributed by atoms with E-state index in [4.69, 9.17) is 0 Å². The molecule has 2 heterocycles. The molecule has 3 aliphatic rings. The first kappa shape index (κ1) is 21.1. The molecule has 1 aliphatic carbocycles. The van der Waals surface area contributed by atoms with Gasteiger partial charge < -0.3 is 9.80 Å². The third kappa shape index (κ3) is 5.06. The Morgan fingerprint density at radius 2 is 1.39 bits per heavy atom. The highest BCUT2D eigenvalue weighted by Crippen LogP contribution is 2.22. The monoisotopic (exact) mass is 405 g/mol. The Morgan fingerprint density at radius 1 is 0.750 bits per heavy atom. The van der Waals surface area contributed by atoms with Crippen molar-refractivity contribution < 1.29 is 9.59 Å². The first-order chi connectivity index (χ1) is 13.2. The number of hydrogen-bond donors (Lipinski definition) is 0. The van der Waals surface area contributed by atoms with Crippen molar-refractivity contribution in [1.82, 2.24) is 14.7 Å². The zero-order chi connectivity index (χ0) is 18.6. The van der Waals surface area contributed by atoms with E-state index < -0.39 is 0 Å². The standard InChI is InChI=1S/C22H31N3O2.ClH/c26-21(16-18-7-8-19-5-1-2-6-20(19)15-18)25-13-11-23(12-14-25)17-22(27)24-9-3-4-10-24;/h7-8,15H,1-6,9-14,16-17H2;1H. The highest BCUT2D eigenvalue weighted by molar-refractivity contribution is 5.85. The molecule has 1 aromatic rings. The van der Waals surface area contributed by atoms with Gasteiger partial charge in [0, 0.05) is 39.3 Å². The molecule has 2 fully saturated rings. The van der Waals surface area contributed by atoms with Crippen LogP contribution in [0.15, 0.2) is 18.2 Å². The Labute approximate surface area is 174 Å². The minimum absolute atomic E-state index is 0. The van der Waals surface area contributed by atoms with Crippen LogP contribution in [0.4, 0.5) is 0 Å². The molecule has 154 valence electrons. The van der Waals surface area contributed by atoms with Crippen LogP contribution in [0.1, 0.15) is 42.4 Å². The van der Waals surface area contributed by atoms with Crippen LogP contribution in [0, 0.1) is 0 Å². The van der Waals surface area contributed by atoms with Crippen LogP contribution in [0.3, 0.4) is 0 Å². The second-order valence-electron chi connectivity index (χ2n) is 8.23. The van der Waals surface area contributed by atoms with Gasteiger partial charge in [0.05, 0.1) is 13.0 Å². The number of piperazine rings is 1. The van der Waals surface area contributed by atoms with E-state index >= 15 is 0 Å². The minimum Gasteiger partial charge on any atom is -0.342 e. The van der Waals surface area contributed by atoms with Crippen LogP contribution < -0.4 is 0 Å². The van der Waals surface area contributed by atoms with Gasteiger partial charge in [-0.05, 0) is 55.2 Å². The van der Waals surface area contributed by atoms with Gasteiger partial charge >= 0.3 is 0 Å². The highest BCUT2D eigenvalue weighted by Gasteiger charge is 2.25. The Hall–Kier alpha value is -1.59. The van der Waals surface area contributed by atoms with Crippen LogP contribution in [0.25, 0.3) is 0 Å². The molecular formula is C22H32ClN3O2. The quantitative estimate of drug-likeness (QED) is 0.772. The summed E-state index contributed by atoms with van der Waals surface area (Å²) in [6.07, 6.45) is 7.66. The summed E-state index contributed by atoms with van der Waals surface area (Å²) in [5.41, 5.74) is 4.05. The van der Waals surface area contributed by atoms with Crippen molar-refractivity contribution in [1.29, 1.82) is 0 Å². The predicted molar refractivity (Wildman–Crippen MR) is 113 cm³/mol. The van der Waals surface area contributed by atoms with Crippen molar-refractivity contribution in [2.75, 3.05) is 45.8 Å². The molecular weight excluding hydrogens is 374 g/mol. The van der Waals surface area contributed by atoms with Gasteiger partial charge in [-0.3, -0.25) is 14.5 Å². The average Bonchev–Trinajstić information content (AvgIpc) is 3.23. The van der Waals surface area contributed by atoms with Crippen LogP contribution in [0.5, 0.6) is 0 Å². The number of fused-ring (bicyclic) bond motifs is 1. The number of benzene rings is 1. The number of aryl methyl sites for hydroxylation is 2. The summed E-state index contributed by atoms with van der Waals surface area (Å²) < 4.78 is 0. The number of halogens is 1. The third-order valence-electron chi connectivity index (χ3n) is 6.31. The number of nitrogens with zero attached hydrogens (tertiary/aromatic N) is 3. The van der Waals surface area contributed by atoms with Crippen LogP contribution >= 0.6 is 12.4 Å². The minimum atomic E-state index is 0. The van der Waals surface area contributed by atoms with E-state index in [1.165, 1.54) is 30.4 Å². The molecule has 0 spiro atoms. The SMILES string of the molecule is Cl.O=C(Cc1ccc2c(c1)CCCC2)N1CCN(CC(=O)N2CCCC2)CC1. The maximum atomic E-state index is 12.7. The Morgan fingerprint density at radius 3 is 2.11 bits per heavy atom. The molecule has 0 radical (unpaired) electrons. The molecule has 6 heteroatoms. The fourth-order valence-corrected chi connectivity index (χ4v) is 4.60. The molecule has 4 rings (SSSR count). The van der Waals surface area contributed by atoms with Gasteiger partial charge in [0.1, 0.15) is 0 Å². The topological polar surface area (TPSA) is 43.9 Å². The number of carbonyl (C=O) groups excluding carboxylic acids is 2. The Balaban J connectivity index is 0.00000225. The zero-order valence-corrected chi connectivity index (χ0v) is 17.5. The van der Waals surface area contributed by atoms with Crippen LogP contribution in [0.2, 0.25) is 0 Å². The molecule has 5 nitrogen and oxygen atoms in total. The zero-order valence-electron chi connectivity index (χ0n) is 16.7. The molecule has 0 saturated carbocycles. The molecule has 0 aromatic heterocycles. The first-order valence-corrected chi connectivity index (χ1v) is 10.6. The molecule has 0 atom stereocenters. The smallest absolute Gasteiger partial charge is 0.236 e. The van der Waals surface area contributed by atoms with E-state index in [0.717, 1.165) is 64.1 Å². The molecule has 2 aliphatic heterocycles. The molecule has 0 unspecified atom stereocenters. The summed E-state index contributed by atoms with van der Waals surface area (Å²) in [5.74, 6) is 0.470. The molecule has 2 amide bonds. The second kappa shape index (κ2) is 9.75. The summed E-state index contributed by atoms with van der Waals surface area (Å²) >= 11 is 0. The van der Waals surface area contributed by atoms with Crippen LogP contribution in [-0.2, 0) is 28.9 Å². The first-order valence-electron chi connectivity index (χ1n) is 10.6. The summed E-state index contributed by atoms with van der Waals surface area (Å²) in [4.78, 5) is 31.1. The average molecular weight is 406 g/mol. The summed E-state index contributed by atoms with van der Waals surface area (Å²) in [5, 5.41) is 0. The van der Waals surface area contributed by atoms with Crippen molar-refractivity contribution in [3.05, 3.63) is 34.9 Å². The van der Waals surface area contributed by atoms with Gasteiger partial charge in [-0.25, -0.2) is 0 Å². The maximum Gasteiger partial charge on any atom is 0.236 e. The van der Waals surface area contributed by atoms with E-state index in [9.17, 15) is 9.59 Å². The fourth-order valence-electron chi connectivity index (χ4n) is 4.60. The third-order valence-corrected chi connectivity index (χ3v) is 6.31. The van der Waals surface area contributed by atoms with E-state index in [2.05, 4.69) is 23.1 Å². The lowest BCUT2D eigenvalue weighted by Crippen LogP contribution is -2.51. The lowest BCUT2D eigenvalue weighted by molar-refractivity contribution is -0.134. The summed E-state index contributed by atoms with van der Waals surface area (Å²) in [6, 6.07) is 6.60. The summed E-state index contributed by atoms with van der Waals surface area (Å²) in [6.45, 7) is 5.40. The van der Waals surface area contributed by atoms with Crippen molar-refractivity contribution >= 4 is 24.2 Å². The van der Waals surface area contributed by atoms with E-state index in [1.807, 2.05) is 9.80 Å². The molecule has 0 N–H and O–H groups in total. The van der Waals surface area contributed by atoms with Gasteiger partial charge in [-0.1, -0.05) is 18.2 Å². The van der Waals surface area contributed by atoms with Gasteiger partial charge in [0.25, 0.3) is 0 Å². The Bertz CT molecular complexity index is 695. The second-order valence-corrected chi connectivity index (χ2v) is 8.23. The lowest BCUT2D eigenvalue weighted by Gasteiger charge is -2.35. The summed E-state index contributed by atoms with van der Waals surface area (Å²) in [7, 11) is 0. The number of likely N-dealkylation sites (tertiary alicyclic amines) is 1. The van der Waals surface area contributed by atoms with Crippen molar-refractivity contribution in [3.8, 4) is 0 Å². The van der Waals surface area contributed by atoms with E-state index in [-0.39, 0.29) is 24.2 Å². The maximum absolute atomic E-state index is 12.7. The Kier molecular flexibility index (Phi) is 7.36. The number of rotatable bonds is 4. The van der Waals surface area contributed by atoms with Crippen molar-refractivity contribution in [2.45, 2.75) is 44.9 Å². The van der Waals surface area contributed by atoms with E-state index in [0.29, 0.717) is 13.0 Å². The van der Waals surface area contributed by atoms with Gasteiger partial charge in [-0.2, -0.15) is 0 Å². The lowest BCUT2D eigenvalue weighted by atomic mass is 9.90. The van der Waals surface area contributed by atoms with Crippen molar-refractivity contribution in [3.63, 3.8) is 0 Å². The highest BCUT2D eigenvalue weighted by atomic mass is 35.5. The van der Waals surface area contributed by atoms with Gasteiger partial charge in [0.2, 0.25) is 11.8 Å². The number of carbonyl (C=O) groups is 2. The molecule has 0 bridgehead atoms. The van der Waals surface area contributed by atoms with E-state index in [1.54, 1.807) is 0 Å². The normalized spacial score (nSPS) is 19.9. The number of hydrogen-bond acceptors (Lipinski definition) is 3. The van der Waals surface area contributed by atoms with Crippen LogP contribution in [-0.4, -0.2) is 72.3 Å². The predicted octanol–water partition coefficient (Wildman–Crippen LogP) is 2.30. The molecule has 1 aromatic carbocycles. The van der Waals surface area contributed by atoms with Crippen molar-refractivity contribution in [2.24, 2.45) is 0 Å². The van der Waals surface area contributed by atoms with Gasteiger partial charge in [0.15, 0.2) is 0 Å². The largest absolute Gasteiger partial charge is 0.342 e.